The van der Waals surface area contributed by atoms with Gasteiger partial charge >= 0.3 is 11.9 Å². The molecule has 0 bridgehead atoms. The number of carbonyl (C=O) groups is 3. The van der Waals surface area contributed by atoms with Crippen molar-refractivity contribution < 1.29 is 24.2 Å². The molecular formula is C14H15N3O5S. The number of methoxy groups -OCH3 is 1. The van der Waals surface area contributed by atoms with Gasteiger partial charge in [0.15, 0.2) is 0 Å². The average molecular weight is 337 g/mol. The largest absolute Gasteiger partial charge is 0.478 e. The third-order valence-electron chi connectivity index (χ3n) is 3.21. The van der Waals surface area contributed by atoms with E-state index in [0.29, 0.717) is 10.6 Å². The van der Waals surface area contributed by atoms with Crippen LogP contribution in [0.15, 0.2) is 12.4 Å². The van der Waals surface area contributed by atoms with Crippen LogP contribution in [-0.2, 0) is 16.1 Å². The molecule has 0 atom stereocenters. The Balaban J connectivity index is 2.15. The highest BCUT2D eigenvalue weighted by molar-refractivity contribution is 7.16. The number of carbonyl (C=O) groups excluding carboxylic acids is 2. The van der Waals surface area contributed by atoms with Gasteiger partial charge in [0, 0.05) is 11.1 Å². The molecule has 0 fully saturated rings. The molecule has 0 radical (unpaired) electrons. The number of nitrogens with one attached hydrogen (secondary N) is 1. The van der Waals surface area contributed by atoms with Crippen LogP contribution < -0.4 is 5.32 Å². The van der Waals surface area contributed by atoms with Crippen molar-refractivity contribution in [3.8, 4) is 0 Å². The van der Waals surface area contributed by atoms with Crippen molar-refractivity contribution in [1.29, 1.82) is 0 Å². The van der Waals surface area contributed by atoms with Crippen LogP contribution in [0.1, 0.15) is 31.2 Å². The number of hydrogen-bond acceptors (Lipinski definition) is 6. The summed E-state index contributed by atoms with van der Waals surface area (Å²) in [6.45, 7) is 3.46. The standard InChI is InChI=1S/C14H15N3O5S/c1-7-8(2)23-12(11(7)14(21)22-3)16-10(18)6-17-5-9(4-15-17)13(19)20/h4-5H,6H2,1-3H3,(H,16,18)(H,19,20). The van der Waals surface area contributed by atoms with Crippen molar-refractivity contribution in [2.24, 2.45) is 0 Å². The van der Waals surface area contributed by atoms with E-state index < -0.39 is 17.8 Å². The van der Waals surface area contributed by atoms with Gasteiger partial charge in [-0.05, 0) is 19.4 Å². The number of amides is 1. The number of aromatic carboxylic acids is 1. The lowest BCUT2D eigenvalue weighted by molar-refractivity contribution is -0.116. The Morgan fingerprint density at radius 3 is 2.65 bits per heavy atom. The smallest absolute Gasteiger partial charge is 0.341 e. The number of rotatable bonds is 5. The second-order valence-electron chi connectivity index (χ2n) is 4.76. The van der Waals surface area contributed by atoms with E-state index in [9.17, 15) is 14.4 Å². The molecule has 2 heterocycles. The molecule has 2 rings (SSSR count). The predicted molar refractivity (Wildman–Crippen MR) is 82.9 cm³/mol. The molecule has 2 aromatic rings. The first-order valence-corrected chi connectivity index (χ1v) is 7.39. The summed E-state index contributed by atoms with van der Waals surface area (Å²) in [5, 5.41) is 15.7. The number of aryl methyl sites for hydroxylation is 1. The first-order chi connectivity index (χ1) is 10.8. The quantitative estimate of drug-likeness (QED) is 0.803. The summed E-state index contributed by atoms with van der Waals surface area (Å²) < 4.78 is 5.95. The fourth-order valence-corrected chi connectivity index (χ4v) is 3.00. The molecule has 0 spiro atoms. The fourth-order valence-electron chi connectivity index (χ4n) is 1.94. The van der Waals surface area contributed by atoms with Crippen molar-refractivity contribution in [3.05, 3.63) is 34.0 Å². The molecule has 8 nitrogen and oxygen atoms in total. The fraction of sp³-hybridized carbons (Fsp3) is 0.286. The van der Waals surface area contributed by atoms with E-state index in [1.54, 1.807) is 6.92 Å². The number of anilines is 1. The maximum Gasteiger partial charge on any atom is 0.341 e. The zero-order valence-electron chi connectivity index (χ0n) is 12.7. The van der Waals surface area contributed by atoms with E-state index in [2.05, 4.69) is 10.4 Å². The minimum Gasteiger partial charge on any atom is -0.478 e. The topological polar surface area (TPSA) is 111 Å². The van der Waals surface area contributed by atoms with Gasteiger partial charge < -0.3 is 15.2 Å². The van der Waals surface area contributed by atoms with E-state index in [0.717, 1.165) is 16.6 Å². The van der Waals surface area contributed by atoms with Gasteiger partial charge in [0.2, 0.25) is 5.91 Å². The average Bonchev–Trinajstić information content (AvgIpc) is 3.04. The van der Waals surface area contributed by atoms with Crippen LogP contribution in [0.2, 0.25) is 0 Å². The molecule has 1 amide bonds. The third kappa shape index (κ3) is 3.57. The number of carboxylic acids is 1. The van der Waals surface area contributed by atoms with Crippen molar-refractivity contribution in [2.45, 2.75) is 20.4 Å². The molecule has 0 aromatic carbocycles. The molecule has 9 heteroatoms. The van der Waals surface area contributed by atoms with Crippen LogP contribution >= 0.6 is 11.3 Å². The monoisotopic (exact) mass is 337 g/mol. The summed E-state index contributed by atoms with van der Waals surface area (Å²) in [6.07, 6.45) is 2.42. The minimum atomic E-state index is -1.12. The second-order valence-corrected chi connectivity index (χ2v) is 5.98. The van der Waals surface area contributed by atoms with Gasteiger partial charge in [0.1, 0.15) is 11.5 Å². The van der Waals surface area contributed by atoms with E-state index in [4.69, 9.17) is 9.84 Å². The van der Waals surface area contributed by atoms with E-state index in [-0.39, 0.29) is 12.1 Å². The Bertz CT molecular complexity index is 777. The Labute approximate surface area is 135 Å². The van der Waals surface area contributed by atoms with Gasteiger partial charge in [0.05, 0.1) is 24.4 Å². The zero-order valence-corrected chi connectivity index (χ0v) is 13.6. The zero-order chi connectivity index (χ0) is 17.1. The molecule has 2 aromatic heterocycles. The van der Waals surface area contributed by atoms with Gasteiger partial charge in [-0.3, -0.25) is 9.48 Å². The Morgan fingerprint density at radius 1 is 1.39 bits per heavy atom. The second kappa shape index (κ2) is 6.61. The number of thiophene rings is 1. The Hall–Kier alpha value is -2.68. The highest BCUT2D eigenvalue weighted by Gasteiger charge is 2.21. The normalized spacial score (nSPS) is 10.4. The summed E-state index contributed by atoms with van der Waals surface area (Å²) in [5.41, 5.74) is 1.08. The first-order valence-electron chi connectivity index (χ1n) is 6.57. The molecule has 0 aliphatic rings. The van der Waals surface area contributed by atoms with Gasteiger partial charge in [-0.25, -0.2) is 9.59 Å². The van der Waals surface area contributed by atoms with Crippen molar-refractivity contribution >= 4 is 34.2 Å². The van der Waals surface area contributed by atoms with Crippen LogP contribution in [0.4, 0.5) is 5.00 Å². The highest BCUT2D eigenvalue weighted by atomic mass is 32.1. The summed E-state index contributed by atoms with van der Waals surface area (Å²) in [6, 6.07) is 0. The number of aromatic nitrogens is 2. The lowest BCUT2D eigenvalue weighted by Crippen LogP contribution is -2.20. The van der Waals surface area contributed by atoms with E-state index in [1.165, 1.54) is 29.3 Å². The summed E-state index contributed by atoms with van der Waals surface area (Å²) >= 11 is 1.28. The lowest BCUT2D eigenvalue weighted by atomic mass is 10.1. The summed E-state index contributed by atoms with van der Waals surface area (Å²) in [7, 11) is 1.28. The first kappa shape index (κ1) is 16.7. The van der Waals surface area contributed by atoms with Gasteiger partial charge in [-0.1, -0.05) is 0 Å². The van der Waals surface area contributed by atoms with E-state index >= 15 is 0 Å². The van der Waals surface area contributed by atoms with Crippen molar-refractivity contribution in [3.63, 3.8) is 0 Å². The maximum atomic E-state index is 12.1. The number of ether oxygens (including phenoxy) is 1. The third-order valence-corrected chi connectivity index (χ3v) is 4.34. The van der Waals surface area contributed by atoms with Gasteiger partial charge in [-0.15, -0.1) is 11.3 Å². The SMILES string of the molecule is COC(=O)c1c(NC(=O)Cn2cc(C(=O)O)cn2)sc(C)c1C. The number of hydrogen-bond donors (Lipinski definition) is 2. The van der Waals surface area contributed by atoms with Crippen LogP contribution in [0.3, 0.4) is 0 Å². The molecule has 0 saturated carbocycles. The molecule has 0 aliphatic carbocycles. The molecule has 122 valence electrons. The van der Waals surface area contributed by atoms with Crippen LogP contribution in [0, 0.1) is 13.8 Å². The minimum absolute atomic E-state index is 0.00383. The van der Waals surface area contributed by atoms with Crippen LogP contribution in [-0.4, -0.2) is 39.8 Å². The lowest BCUT2D eigenvalue weighted by Gasteiger charge is -2.06. The number of carboxylic acid groups (broad SMARTS) is 1. The molecular weight excluding hydrogens is 322 g/mol. The van der Waals surface area contributed by atoms with Crippen molar-refractivity contribution in [2.75, 3.05) is 12.4 Å². The molecule has 23 heavy (non-hydrogen) atoms. The molecule has 0 unspecified atom stereocenters. The van der Waals surface area contributed by atoms with Gasteiger partial charge in [0.25, 0.3) is 0 Å². The van der Waals surface area contributed by atoms with Gasteiger partial charge in [-0.2, -0.15) is 5.10 Å². The Morgan fingerprint density at radius 2 is 2.09 bits per heavy atom. The van der Waals surface area contributed by atoms with E-state index in [1.807, 2.05) is 6.92 Å². The van der Waals surface area contributed by atoms with Crippen LogP contribution in [0.5, 0.6) is 0 Å². The number of esters is 1. The summed E-state index contributed by atoms with van der Waals surface area (Å²) in [4.78, 5) is 35.6. The highest BCUT2D eigenvalue weighted by Crippen LogP contribution is 2.32. The maximum absolute atomic E-state index is 12.1. The molecule has 0 aliphatic heterocycles. The molecule has 0 saturated heterocycles. The number of nitrogens with zero attached hydrogens (tertiary/aromatic N) is 2. The van der Waals surface area contributed by atoms with Crippen LogP contribution in [0.25, 0.3) is 0 Å². The van der Waals surface area contributed by atoms with Crippen molar-refractivity contribution in [1.82, 2.24) is 9.78 Å². The predicted octanol–water partition coefficient (Wildman–Crippen LogP) is 1.68. The molecule has 2 N–H and O–H groups in total. The summed E-state index contributed by atoms with van der Waals surface area (Å²) in [5.74, 6) is -2.06. The Kier molecular flexibility index (Phi) is 4.80.